The van der Waals surface area contributed by atoms with Crippen LogP contribution in [0.1, 0.15) is 5.56 Å². The summed E-state index contributed by atoms with van der Waals surface area (Å²) in [5, 5.41) is 0. The molecule has 0 aliphatic rings. The average molecular weight is 311 g/mol. The van der Waals surface area contributed by atoms with Gasteiger partial charge in [0.05, 0.1) is 7.11 Å². The zero-order chi connectivity index (χ0) is 15.5. The smallest absolute Gasteiger partial charge is 0.243 e. The summed E-state index contributed by atoms with van der Waals surface area (Å²) in [6.45, 7) is -0.0184. The Kier molecular flexibility index (Phi) is 4.39. The SMILES string of the molecule is COc1cc(CNS(=O)(=O)c2cc(N)ccc2F)ccn1. The molecule has 2 aromatic rings. The van der Waals surface area contributed by atoms with Gasteiger partial charge in [0.1, 0.15) is 10.7 Å². The Balaban J connectivity index is 2.19. The summed E-state index contributed by atoms with van der Waals surface area (Å²) in [7, 11) is -2.54. The topological polar surface area (TPSA) is 94.3 Å². The molecule has 0 saturated heterocycles. The predicted molar refractivity (Wildman–Crippen MR) is 75.6 cm³/mol. The molecule has 8 heteroatoms. The largest absolute Gasteiger partial charge is 0.481 e. The van der Waals surface area contributed by atoms with Crippen LogP contribution >= 0.6 is 0 Å². The highest BCUT2D eigenvalue weighted by atomic mass is 32.2. The van der Waals surface area contributed by atoms with Gasteiger partial charge in [-0.1, -0.05) is 0 Å². The molecule has 2 rings (SSSR count). The zero-order valence-corrected chi connectivity index (χ0v) is 12.0. The van der Waals surface area contributed by atoms with E-state index in [4.69, 9.17) is 10.5 Å². The first-order valence-electron chi connectivity index (χ1n) is 5.96. The highest BCUT2D eigenvalue weighted by Crippen LogP contribution is 2.18. The van der Waals surface area contributed by atoms with Gasteiger partial charge in [-0.2, -0.15) is 0 Å². The summed E-state index contributed by atoms with van der Waals surface area (Å²) in [5.41, 5.74) is 6.29. The van der Waals surface area contributed by atoms with Crippen molar-refractivity contribution in [2.45, 2.75) is 11.4 Å². The van der Waals surface area contributed by atoms with Crippen molar-refractivity contribution in [1.82, 2.24) is 9.71 Å². The first kappa shape index (κ1) is 15.2. The predicted octanol–water partition coefficient (Wildman–Crippen LogP) is 1.29. The number of hydrogen-bond acceptors (Lipinski definition) is 5. The Morgan fingerprint density at radius 1 is 1.33 bits per heavy atom. The molecule has 1 aromatic carbocycles. The zero-order valence-electron chi connectivity index (χ0n) is 11.2. The van der Waals surface area contributed by atoms with E-state index in [-0.39, 0.29) is 12.2 Å². The summed E-state index contributed by atoms with van der Waals surface area (Å²) >= 11 is 0. The van der Waals surface area contributed by atoms with Crippen LogP contribution in [0.2, 0.25) is 0 Å². The van der Waals surface area contributed by atoms with E-state index < -0.39 is 20.7 Å². The molecule has 1 heterocycles. The lowest BCUT2D eigenvalue weighted by atomic mass is 10.3. The lowest BCUT2D eigenvalue weighted by Gasteiger charge is -2.09. The van der Waals surface area contributed by atoms with Crippen LogP contribution in [-0.2, 0) is 16.6 Å². The van der Waals surface area contributed by atoms with E-state index in [1.807, 2.05) is 0 Å². The fourth-order valence-electron chi connectivity index (χ4n) is 1.65. The van der Waals surface area contributed by atoms with Crippen LogP contribution in [0.4, 0.5) is 10.1 Å². The number of anilines is 1. The van der Waals surface area contributed by atoms with E-state index in [1.165, 1.54) is 19.4 Å². The first-order chi connectivity index (χ1) is 9.92. The third kappa shape index (κ3) is 3.67. The van der Waals surface area contributed by atoms with Crippen LogP contribution in [0.25, 0.3) is 0 Å². The van der Waals surface area contributed by atoms with E-state index >= 15 is 0 Å². The van der Waals surface area contributed by atoms with E-state index in [0.717, 1.165) is 12.1 Å². The lowest BCUT2D eigenvalue weighted by Crippen LogP contribution is -2.24. The molecule has 112 valence electrons. The molecule has 0 radical (unpaired) electrons. The number of halogens is 1. The van der Waals surface area contributed by atoms with Gasteiger partial charge in [0.15, 0.2) is 0 Å². The van der Waals surface area contributed by atoms with Crippen molar-refractivity contribution in [3.8, 4) is 5.88 Å². The maximum Gasteiger partial charge on any atom is 0.243 e. The Hall–Kier alpha value is -2.19. The molecule has 0 atom stereocenters. The molecule has 0 aliphatic carbocycles. The second kappa shape index (κ2) is 6.06. The number of aromatic nitrogens is 1. The van der Waals surface area contributed by atoms with Crippen LogP contribution < -0.4 is 15.2 Å². The fourth-order valence-corrected chi connectivity index (χ4v) is 2.78. The Morgan fingerprint density at radius 2 is 2.10 bits per heavy atom. The van der Waals surface area contributed by atoms with Crippen LogP contribution in [-0.4, -0.2) is 20.5 Å². The minimum absolute atomic E-state index is 0.0184. The molecule has 3 N–H and O–H groups in total. The Labute approximate surface area is 121 Å². The number of hydrogen-bond donors (Lipinski definition) is 2. The second-order valence-electron chi connectivity index (χ2n) is 4.22. The molecule has 0 aliphatic heterocycles. The van der Waals surface area contributed by atoms with E-state index in [2.05, 4.69) is 9.71 Å². The third-order valence-electron chi connectivity index (χ3n) is 2.72. The summed E-state index contributed by atoms with van der Waals surface area (Å²) in [5.74, 6) is -0.495. The van der Waals surface area contributed by atoms with Gasteiger partial charge in [-0.25, -0.2) is 22.5 Å². The molecule has 0 fully saturated rings. The number of ether oxygens (including phenoxy) is 1. The van der Waals surface area contributed by atoms with Crippen LogP contribution in [0.3, 0.4) is 0 Å². The number of nitrogens with one attached hydrogen (secondary N) is 1. The van der Waals surface area contributed by atoms with Crippen LogP contribution in [0.15, 0.2) is 41.4 Å². The van der Waals surface area contributed by atoms with Gasteiger partial charge in [-0.05, 0) is 29.8 Å². The Morgan fingerprint density at radius 3 is 2.81 bits per heavy atom. The average Bonchev–Trinajstić information content (AvgIpc) is 2.48. The molecule has 0 saturated carbocycles. The van der Waals surface area contributed by atoms with Gasteiger partial charge < -0.3 is 10.5 Å². The maximum atomic E-state index is 13.6. The van der Waals surface area contributed by atoms with E-state index in [0.29, 0.717) is 11.4 Å². The molecule has 21 heavy (non-hydrogen) atoms. The molecular weight excluding hydrogens is 297 g/mol. The maximum absolute atomic E-state index is 13.6. The van der Waals surface area contributed by atoms with Crippen molar-refractivity contribution in [2.75, 3.05) is 12.8 Å². The van der Waals surface area contributed by atoms with Crippen molar-refractivity contribution in [3.05, 3.63) is 47.9 Å². The van der Waals surface area contributed by atoms with Crippen molar-refractivity contribution in [1.29, 1.82) is 0 Å². The Bertz CT molecular complexity index is 750. The van der Waals surface area contributed by atoms with Crippen LogP contribution in [0.5, 0.6) is 5.88 Å². The summed E-state index contributed by atoms with van der Waals surface area (Å²) in [4.78, 5) is 3.43. The van der Waals surface area contributed by atoms with Gasteiger partial charge in [0, 0.05) is 24.5 Å². The van der Waals surface area contributed by atoms with Gasteiger partial charge in [0.25, 0.3) is 0 Å². The van der Waals surface area contributed by atoms with Gasteiger partial charge in [-0.3, -0.25) is 0 Å². The number of pyridine rings is 1. The minimum atomic E-state index is -4.00. The third-order valence-corrected chi connectivity index (χ3v) is 4.14. The van der Waals surface area contributed by atoms with Crippen molar-refractivity contribution >= 4 is 15.7 Å². The van der Waals surface area contributed by atoms with Crippen molar-refractivity contribution in [2.24, 2.45) is 0 Å². The first-order valence-corrected chi connectivity index (χ1v) is 7.44. The van der Waals surface area contributed by atoms with E-state index in [9.17, 15) is 12.8 Å². The molecule has 0 bridgehead atoms. The minimum Gasteiger partial charge on any atom is -0.481 e. The van der Waals surface area contributed by atoms with Gasteiger partial charge >= 0.3 is 0 Å². The molecule has 0 spiro atoms. The highest BCUT2D eigenvalue weighted by Gasteiger charge is 2.19. The summed E-state index contributed by atoms with van der Waals surface area (Å²) < 4.78 is 45.0. The molecule has 6 nitrogen and oxygen atoms in total. The van der Waals surface area contributed by atoms with Crippen molar-refractivity contribution in [3.63, 3.8) is 0 Å². The molecular formula is C13H14FN3O3S. The van der Waals surface area contributed by atoms with Crippen molar-refractivity contribution < 1.29 is 17.5 Å². The van der Waals surface area contributed by atoms with Gasteiger partial charge in [0.2, 0.25) is 15.9 Å². The summed E-state index contributed by atoms with van der Waals surface area (Å²) in [6.07, 6.45) is 1.49. The van der Waals surface area contributed by atoms with Gasteiger partial charge in [-0.15, -0.1) is 0 Å². The lowest BCUT2D eigenvalue weighted by molar-refractivity contribution is 0.397. The summed E-state index contributed by atoms with van der Waals surface area (Å²) in [6, 6.07) is 6.59. The number of benzene rings is 1. The van der Waals surface area contributed by atoms with E-state index in [1.54, 1.807) is 12.1 Å². The number of nitrogens with zero attached hydrogens (tertiary/aromatic N) is 1. The quantitative estimate of drug-likeness (QED) is 0.811. The number of nitrogen functional groups attached to an aromatic ring is 1. The normalized spacial score (nSPS) is 11.3. The monoisotopic (exact) mass is 311 g/mol. The van der Waals surface area contributed by atoms with Crippen LogP contribution in [0, 0.1) is 5.82 Å². The molecule has 1 aromatic heterocycles. The number of methoxy groups -OCH3 is 1. The molecule has 0 amide bonds. The molecule has 0 unspecified atom stereocenters. The fraction of sp³-hybridized carbons (Fsp3) is 0.154. The second-order valence-corrected chi connectivity index (χ2v) is 5.96. The number of sulfonamides is 1. The standard InChI is InChI=1S/C13H14FN3O3S/c1-20-13-6-9(4-5-16-13)8-17-21(18,19)12-7-10(15)2-3-11(12)14/h2-7,17H,8,15H2,1H3. The number of rotatable bonds is 5. The highest BCUT2D eigenvalue weighted by molar-refractivity contribution is 7.89. The number of nitrogens with two attached hydrogens (primary N) is 1.